The van der Waals surface area contributed by atoms with Crippen LogP contribution in [0.2, 0.25) is 0 Å². The van der Waals surface area contributed by atoms with Crippen LogP contribution in [0.15, 0.2) is 36.5 Å². The first-order chi connectivity index (χ1) is 13.5. The van der Waals surface area contributed by atoms with E-state index in [1.807, 2.05) is 0 Å². The molecule has 0 radical (unpaired) electrons. The summed E-state index contributed by atoms with van der Waals surface area (Å²) in [6.07, 6.45) is 0.792. The number of amides is 1. The number of aryl methyl sites for hydroxylation is 1. The molecule has 1 aromatic carbocycles. The van der Waals surface area contributed by atoms with Gasteiger partial charge in [0, 0.05) is 17.8 Å². The van der Waals surface area contributed by atoms with Gasteiger partial charge in [0.25, 0.3) is 5.69 Å². The van der Waals surface area contributed by atoms with Crippen LogP contribution in [0.25, 0.3) is 0 Å². The highest BCUT2D eigenvalue weighted by Crippen LogP contribution is 2.28. The van der Waals surface area contributed by atoms with Gasteiger partial charge in [-0.25, -0.2) is 4.79 Å². The molecule has 0 unspecified atom stereocenters. The van der Waals surface area contributed by atoms with Gasteiger partial charge in [-0.15, -0.1) is 0 Å². The van der Waals surface area contributed by atoms with Gasteiger partial charge in [0.05, 0.1) is 29.6 Å². The van der Waals surface area contributed by atoms with E-state index in [-0.39, 0.29) is 24.4 Å². The Balaban J connectivity index is 1.97. The van der Waals surface area contributed by atoms with Crippen LogP contribution < -0.4 is 10.1 Å². The van der Waals surface area contributed by atoms with Gasteiger partial charge in [0.1, 0.15) is 17.1 Å². The molecule has 1 amide bonds. The highest BCUT2D eigenvalue weighted by molar-refractivity contribution is 5.85. The van der Waals surface area contributed by atoms with Crippen molar-refractivity contribution in [2.45, 2.75) is 39.7 Å². The standard InChI is InChI=1S/C20H23N3O6/c1-13-5-6-16(11-18(13)23(26)27)28-17-7-8-21-14(10-17)9-15(24)12-22-19(25)29-20(2,3)4/h5-8,10-11H,9,12H2,1-4H3,(H,22,25). The molecule has 29 heavy (non-hydrogen) atoms. The molecule has 1 heterocycles. The first-order valence-corrected chi connectivity index (χ1v) is 8.90. The Hall–Kier alpha value is -3.49. The van der Waals surface area contributed by atoms with Gasteiger partial charge in [-0.1, -0.05) is 0 Å². The van der Waals surface area contributed by atoms with Crippen LogP contribution in [0.1, 0.15) is 32.0 Å². The Bertz CT molecular complexity index is 921. The largest absolute Gasteiger partial charge is 0.457 e. The first-order valence-electron chi connectivity index (χ1n) is 8.90. The third-order valence-electron chi connectivity index (χ3n) is 3.61. The smallest absolute Gasteiger partial charge is 0.408 e. The van der Waals surface area contributed by atoms with Crippen LogP contribution in [0, 0.1) is 17.0 Å². The number of aromatic nitrogens is 1. The summed E-state index contributed by atoms with van der Waals surface area (Å²) in [4.78, 5) is 38.4. The average molecular weight is 401 g/mol. The average Bonchev–Trinajstić information content (AvgIpc) is 2.60. The monoisotopic (exact) mass is 401 g/mol. The Labute approximate surface area is 168 Å². The number of nitro groups is 1. The summed E-state index contributed by atoms with van der Waals surface area (Å²) in [5.74, 6) is 0.435. The molecule has 9 heteroatoms. The number of nitrogens with one attached hydrogen (secondary N) is 1. The van der Waals surface area contributed by atoms with Gasteiger partial charge < -0.3 is 14.8 Å². The fourth-order valence-corrected chi connectivity index (χ4v) is 2.35. The minimum Gasteiger partial charge on any atom is -0.457 e. The minimum atomic E-state index is -0.670. The lowest BCUT2D eigenvalue weighted by atomic mass is 10.2. The molecule has 0 fully saturated rings. The van der Waals surface area contributed by atoms with Crippen molar-refractivity contribution in [3.05, 3.63) is 57.9 Å². The number of nitrogens with zero attached hydrogens (tertiary/aromatic N) is 2. The van der Waals surface area contributed by atoms with Gasteiger partial charge >= 0.3 is 6.09 Å². The molecule has 0 aliphatic carbocycles. The van der Waals surface area contributed by atoms with Crippen LogP contribution >= 0.6 is 0 Å². The van der Waals surface area contributed by atoms with Gasteiger partial charge in [0.2, 0.25) is 0 Å². The molecule has 1 aromatic heterocycles. The lowest BCUT2D eigenvalue weighted by Crippen LogP contribution is -2.35. The van der Waals surface area contributed by atoms with Crippen LogP contribution in [-0.2, 0) is 16.0 Å². The van der Waals surface area contributed by atoms with Crippen LogP contribution in [0.5, 0.6) is 11.5 Å². The predicted octanol–water partition coefficient (Wildman–Crippen LogP) is 3.73. The maximum Gasteiger partial charge on any atom is 0.408 e. The van der Waals surface area contributed by atoms with Crippen LogP contribution in [0.3, 0.4) is 0 Å². The number of benzene rings is 1. The number of pyridine rings is 1. The molecular formula is C20H23N3O6. The van der Waals surface area contributed by atoms with E-state index in [0.29, 0.717) is 22.8 Å². The molecule has 0 saturated carbocycles. The number of rotatable bonds is 7. The molecule has 1 N–H and O–H groups in total. The van der Waals surface area contributed by atoms with Gasteiger partial charge in [-0.3, -0.25) is 19.9 Å². The fraction of sp³-hybridized carbons (Fsp3) is 0.350. The summed E-state index contributed by atoms with van der Waals surface area (Å²) < 4.78 is 10.7. The highest BCUT2D eigenvalue weighted by atomic mass is 16.6. The molecule has 0 bridgehead atoms. The quantitative estimate of drug-likeness (QED) is 0.554. The predicted molar refractivity (Wildman–Crippen MR) is 105 cm³/mol. The maximum absolute atomic E-state index is 12.1. The molecule has 0 saturated heterocycles. The second-order valence-electron chi connectivity index (χ2n) is 7.36. The summed E-state index contributed by atoms with van der Waals surface area (Å²) in [6, 6.07) is 7.71. The van der Waals surface area contributed by atoms with Gasteiger partial charge in [-0.05, 0) is 45.9 Å². The van der Waals surface area contributed by atoms with E-state index in [1.54, 1.807) is 52.0 Å². The van der Waals surface area contributed by atoms with Crippen molar-refractivity contribution in [2.75, 3.05) is 6.54 Å². The van der Waals surface area contributed by atoms with E-state index in [1.165, 1.54) is 12.3 Å². The summed E-state index contributed by atoms with van der Waals surface area (Å²) in [7, 11) is 0. The summed E-state index contributed by atoms with van der Waals surface area (Å²) in [5.41, 5.74) is 0.284. The molecule has 0 spiro atoms. The fourth-order valence-electron chi connectivity index (χ4n) is 2.35. The molecule has 154 valence electrons. The number of carbonyl (C=O) groups is 2. The minimum absolute atomic E-state index is 0.0129. The van der Waals surface area contributed by atoms with E-state index in [4.69, 9.17) is 9.47 Å². The van der Waals surface area contributed by atoms with Gasteiger partial charge in [0.15, 0.2) is 5.78 Å². The molecule has 0 aliphatic heterocycles. The molecule has 0 atom stereocenters. The Morgan fingerprint density at radius 2 is 1.86 bits per heavy atom. The van der Waals surface area contributed by atoms with Crippen molar-refractivity contribution >= 4 is 17.6 Å². The molecule has 2 aromatic rings. The normalized spacial score (nSPS) is 10.9. The first kappa shape index (κ1) is 21.8. The number of Topliss-reactive ketones (excluding diaryl/α,β-unsaturated/α-hetero) is 1. The third kappa shape index (κ3) is 7.21. The Morgan fingerprint density at radius 3 is 2.52 bits per heavy atom. The van der Waals surface area contributed by atoms with Crippen molar-refractivity contribution in [3.8, 4) is 11.5 Å². The SMILES string of the molecule is Cc1ccc(Oc2ccnc(CC(=O)CNC(=O)OC(C)(C)C)c2)cc1[N+](=O)[O-]. The van der Waals surface area contributed by atoms with Crippen molar-refractivity contribution in [3.63, 3.8) is 0 Å². The second-order valence-corrected chi connectivity index (χ2v) is 7.36. The molecule has 2 rings (SSSR count). The Morgan fingerprint density at radius 1 is 1.17 bits per heavy atom. The zero-order valence-corrected chi connectivity index (χ0v) is 16.7. The van der Waals surface area contributed by atoms with E-state index in [0.717, 1.165) is 0 Å². The number of hydrogen-bond donors (Lipinski definition) is 1. The molecule has 0 aliphatic rings. The maximum atomic E-state index is 12.1. The number of ether oxygens (including phenoxy) is 2. The lowest BCUT2D eigenvalue weighted by Gasteiger charge is -2.19. The van der Waals surface area contributed by atoms with Crippen molar-refractivity contribution in [1.29, 1.82) is 0 Å². The van der Waals surface area contributed by atoms with Crippen LogP contribution in [0.4, 0.5) is 10.5 Å². The van der Waals surface area contributed by atoms with Crippen molar-refractivity contribution in [2.24, 2.45) is 0 Å². The lowest BCUT2D eigenvalue weighted by molar-refractivity contribution is -0.385. The van der Waals surface area contributed by atoms with E-state index in [9.17, 15) is 19.7 Å². The highest BCUT2D eigenvalue weighted by Gasteiger charge is 2.17. The summed E-state index contributed by atoms with van der Waals surface area (Å²) >= 11 is 0. The number of hydrogen-bond acceptors (Lipinski definition) is 7. The summed E-state index contributed by atoms with van der Waals surface area (Å²) in [5, 5.41) is 13.5. The zero-order valence-electron chi connectivity index (χ0n) is 16.7. The van der Waals surface area contributed by atoms with E-state index in [2.05, 4.69) is 10.3 Å². The molecule has 9 nitrogen and oxygen atoms in total. The van der Waals surface area contributed by atoms with Crippen molar-refractivity contribution < 1.29 is 24.0 Å². The van der Waals surface area contributed by atoms with Crippen LogP contribution in [-0.4, -0.2) is 33.9 Å². The number of ketones is 1. The van der Waals surface area contributed by atoms with E-state index >= 15 is 0 Å². The third-order valence-corrected chi connectivity index (χ3v) is 3.61. The molecular weight excluding hydrogens is 378 g/mol. The van der Waals surface area contributed by atoms with Gasteiger partial charge in [-0.2, -0.15) is 0 Å². The van der Waals surface area contributed by atoms with Crippen molar-refractivity contribution in [1.82, 2.24) is 10.3 Å². The second kappa shape index (κ2) is 9.13. The number of carbonyl (C=O) groups excluding carboxylic acids is 2. The Kier molecular flexibility index (Phi) is 6.87. The topological polar surface area (TPSA) is 121 Å². The summed E-state index contributed by atoms with van der Waals surface area (Å²) in [6.45, 7) is 6.64. The van der Waals surface area contributed by atoms with E-state index < -0.39 is 16.6 Å². The number of nitro benzene ring substituents is 1. The zero-order chi connectivity index (χ0) is 21.6. The number of alkyl carbamates (subject to hydrolysis) is 1.